The van der Waals surface area contributed by atoms with Crippen molar-refractivity contribution in [2.45, 2.75) is 38.6 Å². The van der Waals surface area contributed by atoms with Gasteiger partial charge in [0.1, 0.15) is 0 Å². The van der Waals surface area contributed by atoms with Crippen LogP contribution < -0.4 is 10.0 Å². The third kappa shape index (κ3) is 5.16. The van der Waals surface area contributed by atoms with Crippen molar-refractivity contribution in [2.75, 3.05) is 13.1 Å². The van der Waals surface area contributed by atoms with Crippen LogP contribution in [0.2, 0.25) is 0 Å². The maximum absolute atomic E-state index is 12.3. The van der Waals surface area contributed by atoms with Gasteiger partial charge in [0.05, 0.1) is 4.90 Å². The van der Waals surface area contributed by atoms with Gasteiger partial charge in [-0.05, 0) is 46.1 Å². The molecule has 0 aliphatic rings. The molecule has 1 unspecified atom stereocenters. The second kappa shape index (κ2) is 8.12. The predicted octanol–water partition coefficient (Wildman–Crippen LogP) is 2.88. The van der Waals surface area contributed by atoms with Crippen molar-refractivity contribution in [3.63, 3.8) is 0 Å². The van der Waals surface area contributed by atoms with E-state index in [0.717, 1.165) is 18.5 Å². The molecule has 20 heavy (non-hydrogen) atoms. The number of sulfonamides is 1. The van der Waals surface area contributed by atoms with Crippen molar-refractivity contribution in [3.8, 4) is 0 Å². The van der Waals surface area contributed by atoms with Gasteiger partial charge in [0, 0.05) is 17.6 Å². The van der Waals surface area contributed by atoms with Crippen LogP contribution in [0.15, 0.2) is 27.6 Å². The van der Waals surface area contributed by atoms with E-state index in [9.17, 15) is 8.42 Å². The number of nitrogens with one attached hydrogen (secondary N) is 2. The summed E-state index contributed by atoms with van der Waals surface area (Å²) in [5.74, 6) is 0.327. The van der Waals surface area contributed by atoms with E-state index in [0.29, 0.717) is 28.4 Å². The van der Waals surface area contributed by atoms with Crippen LogP contribution in [0.1, 0.15) is 32.8 Å². The highest BCUT2D eigenvalue weighted by Crippen LogP contribution is 2.23. The second-order valence-electron chi connectivity index (χ2n) is 4.91. The van der Waals surface area contributed by atoms with E-state index in [4.69, 9.17) is 0 Å². The van der Waals surface area contributed by atoms with E-state index in [1.54, 1.807) is 12.1 Å². The molecule has 0 saturated carbocycles. The number of benzene rings is 1. The molecule has 1 aromatic carbocycles. The molecular weight excluding hydrogens is 340 g/mol. The third-order valence-corrected chi connectivity index (χ3v) is 5.60. The molecular formula is C14H23BrN2O2S. The summed E-state index contributed by atoms with van der Waals surface area (Å²) in [5, 5.41) is 3.19. The Morgan fingerprint density at radius 3 is 2.60 bits per heavy atom. The van der Waals surface area contributed by atoms with Crippen molar-refractivity contribution in [3.05, 3.63) is 28.2 Å². The molecule has 2 N–H and O–H groups in total. The van der Waals surface area contributed by atoms with Gasteiger partial charge in [0.2, 0.25) is 10.0 Å². The fourth-order valence-corrected chi connectivity index (χ4v) is 3.78. The Hall–Kier alpha value is -0.430. The standard InChI is InChI=1S/C14H23BrN2O2S/c1-4-11(3)9-17-20(18,19)14-8-12(10-16-5-2)6-7-13(14)15/h6-8,11,16-17H,4-5,9-10H2,1-3H3. The SMILES string of the molecule is CCNCc1ccc(Br)c(S(=O)(=O)NCC(C)CC)c1. The third-order valence-electron chi connectivity index (χ3n) is 3.18. The van der Waals surface area contributed by atoms with Crippen LogP contribution >= 0.6 is 15.9 Å². The monoisotopic (exact) mass is 362 g/mol. The molecule has 0 heterocycles. The Kier molecular flexibility index (Phi) is 7.15. The Bertz CT molecular complexity index is 532. The summed E-state index contributed by atoms with van der Waals surface area (Å²) < 4.78 is 27.9. The first-order valence-corrected chi connectivity index (χ1v) is 9.17. The summed E-state index contributed by atoms with van der Waals surface area (Å²) in [6.45, 7) is 8.07. The van der Waals surface area contributed by atoms with E-state index in [1.807, 2.05) is 26.8 Å². The zero-order chi connectivity index (χ0) is 15.2. The summed E-state index contributed by atoms with van der Waals surface area (Å²) in [4.78, 5) is 0.302. The van der Waals surface area contributed by atoms with Crippen LogP contribution in [0.4, 0.5) is 0 Å². The average molecular weight is 363 g/mol. The van der Waals surface area contributed by atoms with Gasteiger partial charge in [0.25, 0.3) is 0 Å². The number of halogens is 1. The lowest BCUT2D eigenvalue weighted by atomic mass is 10.1. The van der Waals surface area contributed by atoms with Crippen molar-refractivity contribution >= 4 is 26.0 Å². The second-order valence-corrected chi connectivity index (χ2v) is 7.50. The Morgan fingerprint density at radius 2 is 2.00 bits per heavy atom. The largest absolute Gasteiger partial charge is 0.313 e. The summed E-state index contributed by atoms with van der Waals surface area (Å²) in [5.41, 5.74) is 0.957. The molecule has 0 spiro atoms. The normalized spacial score (nSPS) is 13.4. The molecule has 0 radical (unpaired) electrons. The number of rotatable bonds is 8. The molecule has 0 fully saturated rings. The number of hydrogen-bond donors (Lipinski definition) is 2. The van der Waals surface area contributed by atoms with Crippen LogP contribution in [-0.4, -0.2) is 21.5 Å². The summed E-state index contributed by atoms with van der Waals surface area (Å²) in [7, 11) is -3.47. The van der Waals surface area contributed by atoms with Crippen LogP contribution in [0, 0.1) is 5.92 Å². The Labute approximate surface area is 130 Å². The van der Waals surface area contributed by atoms with Crippen LogP contribution in [-0.2, 0) is 16.6 Å². The van der Waals surface area contributed by atoms with Gasteiger partial charge in [-0.1, -0.05) is 33.3 Å². The van der Waals surface area contributed by atoms with E-state index < -0.39 is 10.0 Å². The molecule has 4 nitrogen and oxygen atoms in total. The van der Waals surface area contributed by atoms with E-state index in [2.05, 4.69) is 26.0 Å². The minimum absolute atomic E-state index is 0.302. The van der Waals surface area contributed by atoms with Crippen molar-refractivity contribution in [2.24, 2.45) is 5.92 Å². The van der Waals surface area contributed by atoms with Gasteiger partial charge in [-0.15, -0.1) is 0 Å². The van der Waals surface area contributed by atoms with Crippen LogP contribution in [0.5, 0.6) is 0 Å². The summed E-state index contributed by atoms with van der Waals surface area (Å²) >= 11 is 3.32. The Morgan fingerprint density at radius 1 is 1.30 bits per heavy atom. The highest BCUT2D eigenvalue weighted by molar-refractivity contribution is 9.10. The zero-order valence-electron chi connectivity index (χ0n) is 12.2. The molecule has 1 rings (SSSR count). The minimum Gasteiger partial charge on any atom is -0.313 e. The van der Waals surface area contributed by atoms with Crippen LogP contribution in [0.3, 0.4) is 0 Å². The van der Waals surface area contributed by atoms with Crippen molar-refractivity contribution in [1.29, 1.82) is 0 Å². The van der Waals surface area contributed by atoms with Gasteiger partial charge >= 0.3 is 0 Å². The maximum atomic E-state index is 12.3. The summed E-state index contributed by atoms with van der Waals surface area (Å²) in [6.07, 6.45) is 0.949. The maximum Gasteiger partial charge on any atom is 0.241 e. The molecule has 1 aromatic rings. The number of hydrogen-bond acceptors (Lipinski definition) is 3. The van der Waals surface area contributed by atoms with Crippen LogP contribution in [0.25, 0.3) is 0 Å². The van der Waals surface area contributed by atoms with Gasteiger partial charge in [-0.3, -0.25) is 0 Å². The van der Waals surface area contributed by atoms with Gasteiger partial charge in [-0.2, -0.15) is 0 Å². The first-order chi connectivity index (χ1) is 9.40. The lowest BCUT2D eigenvalue weighted by molar-refractivity contribution is 0.528. The van der Waals surface area contributed by atoms with Gasteiger partial charge < -0.3 is 5.32 Å². The highest BCUT2D eigenvalue weighted by atomic mass is 79.9. The predicted molar refractivity (Wildman–Crippen MR) is 86.2 cm³/mol. The fourth-order valence-electron chi connectivity index (χ4n) is 1.61. The van der Waals surface area contributed by atoms with Gasteiger partial charge in [-0.25, -0.2) is 13.1 Å². The fraction of sp³-hybridized carbons (Fsp3) is 0.571. The average Bonchev–Trinajstić information content (AvgIpc) is 2.43. The first-order valence-electron chi connectivity index (χ1n) is 6.89. The quantitative estimate of drug-likeness (QED) is 0.747. The molecule has 114 valence electrons. The van der Waals surface area contributed by atoms with Crippen molar-refractivity contribution in [1.82, 2.24) is 10.0 Å². The van der Waals surface area contributed by atoms with E-state index >= 15 is 0 Å². The molecule has 0 bridgehead atoms. The molecule has 0 saturated heterocycles. The Balaban J connectivity index is 2.92. The molecule has 0 aliphatic carbocycles. The first kappa shape index (κ1) is 17.6. The lowest BCUT2D eigenvalue weighted by Gasteiger charge is -2.13. The smallest absolute Gasteiger partial charge is 0.241 e. The molecule has 0 aliphatic heterocycles. The van der Waals surface area contributed by atoms with E-state index in [1.165, 1.54) is 0 Å². The van der Waals surface area contributed by atoms with E-state index in [-0.39, 0.29) is 0 Å². The van der Waals surface area contributed by atoms with Crippen molar-refractivity contribution < 1.29 is 8.42 Å². The lowest BCUT2D eigenvalue weighted by Crippen LogP contribution is -2.28. The summed E-state index contributed by atoms with van der Waals surface area (Å²) in [6, 6.07) is 5.41. The topological polar surface area (TPSA) is 58.2 Å². The highest BCUT2D eigenvalue weighted by Gasteiger charge is 2.18. The molecule has 1 atom stereocenters. The van der Waals surface area contributed by atoms with Gasteiger partial charge in [0.15, 0.2) is 0 Å². The molecule has 0 aromatic heterocycles. The molecule has 0 amide bonds. The zero-order valence-corrected chi connectivity index (χ0v) is 14.6. The minimum atomic E-state index is -3.47. The molecule has 6 heteroatoms.